The van der Waals surface area contributed by atoms with Crippen molar-refractivity contribution < 1.29 is 4.74 Å². The Hall–Kier alpha value is -1.96. The molecule has 0 bridgehead atoms. The van der Waals surface area contributed by atoms with Crippen LogP contribution in [0.2, 0.25) is 0 Å². The lowest BCUT2D eigenvalue weighted by molar-refractivity contribution is 0.409. The standard InChI is InChI=1S/C19H25NO/c1-12-9-13(2)11-17(10-12)16(5)20-18-8-7-14(3)19(21-6)15(18)4/h7-11,16,20H,1-6H3. The van der Waals surface area contributed by atoms with Crippen molar-refractivity contribution in [1.29, 1.82) is 0 Å². The van der Waals surface area contributed by atoms with E-state index in [1.54, 1.807) is 7.11 Å². The number of aryl methyl sites for hydroxylation is 3. The van der Waals surface area contributed by atoms with Crippen LogP contribution in [0, 0.1) is 27.7 Å². The van der Waals surface area contributed by atoms with Crippen molar-refractivity contribution in [1.82, 2.24) is 0 Å². The smallest absolute Gasteiger partial charge is 0.126 e. The van der Waals surface area contributed by atoms with Crippen LogP contribution >= 0.6 is 0 Å². The molecule has 0 aliphatic heterocycles. The Morgan fingerprint density at radius 1 is 0.952 bits per heavy atom. The maximum absolute atomic E-state index is 5.50. The highest BCUT2D eigenvalue weighted by molar-refractivity contribution is 5.60. The number of methoxy groups -OCH3 is 1. The Morgan fingerprint density at radius 3 is 2.14 bits per heavy atom. The first-order valence-corrected chi connectivity index (χ1v) is 7.41. The van der Waals surface area contributed by atoms with Crippen LogP contribution in [0.3, 0.4) is 0 Å². The van der Waals surface area contributed by atoms with Crippen LogP contribution in [0.15, 0.2) is 30.3 Å². The summed E-state index contributed by atoms with van der Waals surface area (Å²) in [4.78, 5) is 0. The van der Waals surface area contributed by atoms with Gasteiger partial charge >= 0.3 is 0 Å². The molecule has 2 aromatic rings. The summed E-state index contributed by atoms with van der Waals surface area (Å²) >= 11 is 0. The van der Waals surface area contributed by atoms with Gasteiger partial charge in [-0.1, -0.05) is 35.4 Å². The van der Waals surface area contributed by atoms with Crippen molar-refractivity contribution in [3.63, 3.8) is 0 Å². The highest BCUT2D eigenvalue weighted by Gasteiger charge is 2.11. The Labute approximate surface area is 128 Å². The molecule has 112 valence electrons. The highest BCUT2D eigenvalue weighted by atomic mass is 16.5. The molecule has 0 amide bonds. The van der Waals surface area contributed by atoms with E-state index in [9.17, 15) is 0 Å². The number of nitrogens with one attached hydrogen (secondary N) is 1. The van der Waals surface area contributed by atoms with Gasteiger partial charge in [0.25, 0.3) is 0 Å². The van der Waals surface area contributed by atoms with Crippen LogP contribution in [0.4, 0.5) is 5.69 Å². The van der Waals surface area contributed by atoms with E-state index in [0.717, 1.165) is 17.0 Å². The molecular formula is C19H25NO. The zero-order valence-corrected chi connectivity index (χ0v) is 13.9. The van der Waals surface area contributed by atoms with Crippen LogP contribution in [0.25, 0.3) is 0 Å². The lowest BCUT2D eigenvalue weighted by Crippen LogP contribution is -2.09. The van der Waals surface area contributed by atoms with Crippen molar-refractivity contribution in [3.05, 3.63) is 58.1 Å². The van der Waals surface area contributed by atoms with Gasteiger partial charge in [-0.25, -0.2) is 0 Å². The zero-order valence-electron chi connectivity index (χ0n) is 13.9. The van der Waals surface area contributed by atoms with E-state index in [4.69, 9.17) is 4.74 Å². The SMILES string of the molecule is COc1c(C)ccc(NC(C)c2cc(C)cc(C)c2)c1C. The molecule has 0 aliphatic carbocycles. The molecule has 21 heavy (non-hydrogen) atoms. The Bertz CT molecular complexity index is 626. The van der Waals surface area contributed by atoms with E-state index in [2.05, 4.69) is 70.3 Å². The van der Waals surface area contributed by atoms with Gasteiger partial charge in [-0.15, -0.1) is 0 Å². The highest BCUT2D eigenvalue weighted by Crippen LogP contribution is 2.31. The summed E-state index contributed by atoms with van der Waals surface area (Å²) in [7, 11) is 1.73. The molecule has 2 rings (SSSR count). The first-order valence-electron chi connectivity index (χ1n) is 7.41. The fraction of sp³-hybridized carbons (Fsp3) is 0.368. The van der Waals surface area contributed by atoms with Gasteiger partial charge in [0, 0.05) is 17.3 Å². The molecule has 2 nitrogen and oxygen atoms in total. The van der Waals surface area contributed by atoms with Gasteiger partial charge in [0.2, 0.25) is 0 Å². The summed E-state index contributed by atoms with van der Waals surface area (Å²) in [5.41, 5.74) is 7.37. The second kappa shape index (κ2) is 6.21. The molecule has 0 radical (unpaired) electrons. The molecule has 2 aromatic carbocycles. The van der Waals surface area contributed by atoms with Gasteiger partial charge in [-0.2, -0.15) is 0 Å². The van der Waals surface area contributed by atoms with Gasteiger partial charge < -0.3 is 10.1 Å². The number of ether oxygens (including phenoxy) is 1. The summed E-state index contributed by atoms with van der Waals surface area (Å²) in [5.74, 6) is 0.965. The first-order chi connectivity index (χ1) is 9.92. The molecule has 1 atom stereocenters. The van der Waals surface area contributed by atoms with Crippen LogP contribution < -0.4 is 10.1 Å². The summed E-state index contributed by atoms with van der Waals surface area (Å²) in [6, 6.07) is 11.2. The second-order valence-electron chi connectivity index (χ2n) is 5.88. The van der Waals surface area contributed by atoms with Crippen molar-refractivity contribution in [2.45, 2.75) is 40.7 Å². The largest absolute Gasteiger partial charge is 0.496 e. The van der Waals surface area contributed by atoms with Crippen LogP contribution in [0.1, 0.15) is 40.8 Å². The van der Waals surface area contributed by atoms with Crippen molar-refractivity contribution in [3.8, 4) is 5.75 Å². The quantitative estimate of drug-likeness (QED) is 0.842. The number of hydrogen-bond acceptors (Lipinski definition) is 2. The van der Waals surface area contributed by atoms with Gasteiger partial charge in [0.1, 0.15) is 5.75 Å². The molecular weight excluding hydrogens is 258 g/mol. The lowest BCUT2D eigenvalue weighted by Gasteiger charge is -2.20. The summed E-state index contributed by atoms with van der Waals surface area (Å²) in [5, 5.41) is 3.60. The average molecular weight is 283 g/mol. The Morgan fingerprint density at radius 2 is 1.57 bits per heavy atom. The predicted octanol–water partition coefficient (Wildman–Crippen LogP) is 5.10. The molecule has 0 aromatic heterocycles. The summed E-state index contributed by atoms with van der Waals surface area (Å²) in [6.45, 7) is 10.7. The third-order valence-corrected chi connectivity index (χ3v) is 3.92. The minimum absolute atomic E-state index is 0.259. The monoisotopic (exact) mass is 283 g/mol. The fourth-order valence-electron chi connectivity index (χ4n) is 2.87. The maximum Gasteiger partial charge on any atom is 0.126 e. The minimum atomic E-state index is 0.259. The molecule has 2 heteroatoms. The average Bonchev–Trinajstić information content (AvgIpc) is 2.41. The van der Waals surface area contributed by atoms with E-state index in [0.29, 0.717) is 0 Å². The minimum Gasteiger partial charge on any atom is -0.496 e. The van der Waals surface area contributed by atoms with Crippen LogP contribution in [-0.4, -0.2) is 7.11 Å². The number of hydrogen-bond donors (Lipinski definition) is 1. The number of anilines is 1. The van der Waals surface area contributed by atoms with Gasteiger partial charge in [-0.3, -0.25) is 0 Å². The third-order valence-electron chi connectivity index (χ3n) is 3.92. The molecule has 0 saturated carbocycles. The molecule has 1 unspecified atom stereocenters. The normalized spacial score (nSPS) is 12.1. The molecule has 0 fully saturated rings. The molecule has 0 aliphatic rings. The summed E-state index contributed by atoms with van der Waals surface area (Å²) < 4.78 is 5.50. The topological polar surface area (TPSA) is 21.3 Å². The van der Waals surface area contributed by atoms with Crippen molar-refractivity contribution >= 4 is 5.69 Å². The second-order valence-corrected chi connectivity index (χ2v) is 5.88. The number of rotatable bonds is 4. The van der Waals surface area contributed by atoms with Crippen LogP contribution in [-0.2, 0) is 0 Å². The van der Waals surface area contributed by atoms with E-state index in [1.807, 2.05) is 0 Å². The van der Waals surface area contributed by atoms with Gasteiger partial charge in [0.15, 0.2) is 0 Å². The van der Waals surface area contributed by atoms with E-state index >= 15 is 0 Å². The maximum atomic E-state index is 5.50. The first kappa shape index (κ1) is 15.4. The molecule has 0 spiro atoms. The summed E-state index contributed by atoms with van der Waals surface area (Å²) in [6.07, 6.45) is 0. The Kier molecular flexibility index (Phi) is 4.56. The van der Waals surface area contributed by atoms with E-state index in [-0.39, 0.29) is 6.04 Å². The van der Waals surface area contributed by atoms with Crippen molar-refractivity contribution in [2.75, 3.05) is 12.4 Å². The Balaban J connectivity index is 2.29. The molecule has 1 N–H and O–H groups in total. The lowest BCUT2D eigenvalue weighted by atomic mass is 10.0. The fourth-order valence-corrected chi connectivity index (χ4v) is 2.87. The predicted molar refractivity (Wildman–Crippen MR) is 90.4 cm³/mol. The molecule has 0 saturated heterocycles. The third kappa shape index (κ3) is 3.38. The zero-order chi connectivity index (χ0) is 15.6. The van der Waals surface area contributed by atoms with E-state index < -0.39 is 0 Å². The van der Waals surface area contributed by atoms with Crippen molar-refractivity contribution in [2.24, 2.45) is 0 Å². The van der Waals surface area contributed by atoms with Gasteiger partial charge in [-0.05, 0) is 51.8 Å². The van der Waals surface area contributed by atoms with E-state index in [1.165, 1.54) is 22.3 Å². The number of benzene rings is 2. The van der Waals surface area contributed by atoms with Crippen LogP contribution in [0.5, 0.6) is 5.75 Å². The van der Waals surface area contributed by atoms with Gasteiger partial charge in [0.05, 0.1) is 7.11 Å². The molecule has 0 heterocycles.